The van der Waals surface area contributed by atoms with Gasteiger partial charge in [0.1, 0.15) is 0 Å². The van der Waals surface area contributed by atoms with Crippen molar-refractivity contribution in [2.45, 2.75) is 38.3 Å². The largest absolute Gasteiger partial charge is 0.468 e. The third-order valence-corrected chi connectivity index (χ3v) is 3.63. The molecule has 0 unspecified atom stereocenters. The third kappa shape index (κ3) is 3.57. The van der Waals surface area contributed by atoms with Crippen LogP contribution in [0.5, 0.6) is 0 Å². The first-order valence-electron chi connectivity index (χ1n) is 6.64. The molecule has 2 rings (SSSR count). The summed E-state index contributed by atoms with van der Waals surface area (Å²) in [6.07, 6.45) is 4.95. The predicted octanol–water partition coefficient (Wildman–Crippen LogP) is 2.60. The Hall–Kier alpha value is -1.35. The van der Waals surface area contributed by atoms with E-state index in [1.165, 1.54) is 38.4 Å². The Labute approximate surface area is 109 Å². The van der Waals surface area contributed by atoms with Crippen molar-refractivity contribution in [3.05, 3.63) is 35.9 Å². The Balaban J connectivity index is 2.01. The average molecular weight is 247 g/mol. The zero-order chi connectivity index (χ0) is 12.8. The highest BCUT2D eigenvalue weighted by molar-refractivity contribution is 5.71. The second-order valence-corrected chi connectivity index (χ2v) is 4.90. The number of carbonyl (C=O) groups is 1. The maximum atomic E-state index is 11.5. The van der Waals surface area contributed by atoms with Crippen LogP contribution in [0.15, 0.2) is 30.3 Å². The first-order chi connectivity index (χ1) is 8.79. The smallest absolute Gasteiger partial charge is 0.319 e. The van der Waals surface area contributed by atoms with Gasteiger partial charge in [0.05, 0.1) is 13.7 Å². The minimum Gasteiger partial charge on any atom is -0.468 e. The molecule has 18 heavy (non-hydrogen) atoms. The number of ether oxygens (including phenoxy) is 1. The number of hydrogen-bond acceptors (Lipinski definition) is 3. The number of hydrogen-bond donors (Lipinski definition) is 0. The first-order valence-corrected chi connectivity index (χ1v) is 6.64. The van der Waals surface area contributed by atoms with Gasteiger partial charge in [-0.05, 0) is 18.4 Å². The molecule has 0 saturated heterocycles. The summed E-state index contributed by atoms with van der Waals surface area (Å²) in [5.41, 5.74) is 1.26. The predicted molar refractivity (Wildman–Crippen MR) is 71.1 cm³/mol. The molecule has 0 aliphatic heterocycles. The molecule has 0 atom stereocenters. The van der Waals surface area contributed by atoms with Crippen molar-refractivity contribution >= 4 is 5.97 Å². The zero-order valence-electron chi connectivity index (χ0n) is 11.0. The van der Waals surface area contributed by atoms with Crippen LogP contribution in [0, 0.1) is 0 Å². The second-order valence-electron chi connectivity index (χ2n) is 4.90. The molecule has 0 amide bonds. The highest BCUT2D eigenvalue weighted by Gasteiger charge is 2.24. The lowest BCUT2D eigenvalue weighted by atomic mass is 10.1. The lowest BCUT2D eigenvalue weighted by Crippen LogP contribution is -2.37. The van der Waals surface area contributed by atoms with Crippen molar-refractivity contribution in [2.24, 2.45) is 0 Å². The Kier molecular flexibility index (Phi) is 4.76. The summed E-state index contributed by atoms with van der Waals surface area (Å²) < 4.78 is 4.80. The molecule has 1 aliphatic carbocycles. The Morgan fingerprint density at radius 2 is 1.94 bits per heavy atom. The van der Waals surface area contributed by atoms with E-state index in [9.17, 15) is 4.79 Å². The maximum absolute atomic E-state index is 11.5. The van der Waals surface area contributed by atoms with Gasteiger partial charge in [0.15, 0.2) is 0 Å². The van der Waals surface area contributed by atoms with Crippen molar-refractivity contribution in [2.75, 3.05) is 13.7 Å². The highest BCUT2D eigenvalue weighted by Crippen LogP contribution is 2.24. The van der Waals surface area contributed by atoms with E-state index in [2.05, 4.69) is 17.0 Å². The summed E-state index contributed by atoms with van der Waals surface area (Å²) in [7, 11) is 1.46. The highest BCUT2D eigenvalue weighted by atomic mass is 16.5. The molecule has 1 aromatic rings. The summed E-state index contributed by atoms with van der Waals surface area (Å²) in [6.45, 7) is 1.23. The standard InChI is InChI=1S/C15H21NO2/c1-18-15(17)12-16(14-9-5-6-10-14)11-13-7-3-2-4-8-13/h2-4,7-8,14H,5-6,9-12H2,1H3. The van der Waals surface area contributed by atoms with E-state index >= 15 is 0 Å². The fourth-order valence-corrected chi connectivity index (χ4v) is 2.63. The number of carbonyl (C=O) groups excluding carboxylic acids is 1. The van der Waals surface area contributed by atoms with E-state index in [-0.39, 0.29) is 5.97 Å². The van der Waals surface area contributed by atoms with Crippen molar-refractivity contribution in [1.82, 2.24) is 4.90 Å². The van der Waals surface area contributed by atoms with E-state index in [4.69, 9.17) is 4.74 Å². The quantitative estimate of drug-likeness (QED) is 0.749. The summed E-state index contributed by atoms with van der Waals surface area (Å²) >= 11 is 0. The van der Waals surface area contributed by atoms with Crippen LogP contribution in [0.2, 0.25) is 0 Å². The fourth-order valence-electron chi connectivity index (χ4n) is 2.63. The van der Waals surface area contributed by atoms with Crippen molar-refractivity contribution in [3.63, 3.8) is 0 Å². The van der Waals surface area contributed by atoms with Gasteiger partial charge in [0.2, 0.25) is 0 Å². The molecule has 0 heterocycles. The molecule has 3 nitrogen and oxygen atoms in total. The van der Waals surface area contributed by atoms with Gasteiger partial charge in [0.25, 0.3) is 0 Å². The number of benzene rings is 1. The van der Waals surface area contributed by atoms with E-state index in [0.717, 1.165) is 6.54 Å². The summed E-state index contributed by atoms with van der Waals surface area (Å²) in [6, 6.07) is 10.9. The maximum Gasteiger partial charge on any atom is 0.319 e. The molecule has 1 fully saturated rings. The minimum atomic E-state index is -0.141. The lowest BCUT2D eigenvalue weighted by Gasteiger charge is -2.27. The van der Waals surface area contributed by atoms with Crippen molar-refractivity contribution in [3.8, 4) is 0 Å². The molecule has 98 valence electrons. The van der Waals surface area contributed by atoms with Crippen LogP contribution in [0.3, 0.4) is 0 Å². The molecule has 0 radical (unpaired) electrons. The molecule has 3 heteroatoms. The van der Waals surface area contributed by atoms with E-state index < -0.39 is 0 Å². The molecule has 1 saturated carbocycles. The first kappa shape index (κ1) is 13.1. The van der Waals surface area contributed by atoms with Crippen LogP contribution >= 0.6 is 0 Å². The van der Waals surface area contributed by atoms with Gasteiger partial charge in [-0.3, -0.25) is 9.69 Å². The van der Waals surface area contributed by atoms with Crippen LogP contribution < -0.4 is 0 Å². The molecular weight excluding hydrogens is 226 g/mol. The molecule has 0 aromatic heterocycles. The van der Waals surface area contributed by atoms with Gasteiger partial charge in [-0.15, -0.1) is 0 Å². The topological polar surface area (TPSA) is 29.5 Å². The van der Waals surface area contributed by atoms with Crippen LogP contribution in [0.4, 0.5) is 0 Å². The van der Waals surface area contributed by atoms with E-state index in [0.29, 0.717) is 12.6 Å². The third-order valence-electron chi connectivity index (χ3n) is 3.63. The van der Waals surface area contributed by atoms with Crippen LogP contribution in [-0.2, 0) is 16.1 Å². The minimum absolute atomic E-state index is 0.141. The number of esters is 1. The molecular formula is C15H21NO2. The lowest BCUT2D eigenvalue weighted by molar-refractivity contribution is -0.142. The normalized spacial score (nSPS) is 16.1. The molecule has 1 aliphatic rings. The Morgan fingerprint density at radius 3 is 2.56 bits per heavy atom. The van der Waals surface area contributed by atoms with Gasteiger partial charge >= 0.3 is 5.97 Å². The van der Waals surface area contributed by atoms with Crippen LogP contribution in [0.1, 0.15) is 31.2 Å². The van der Waals surface area contributed by atoms with Crippen LogP contribution in [0.25, 0.3) is 0 Å². The van der Waals surface area contributed by atoms with Crippen molar-refractivity contribution in [1.29, 1.82) is 0 Å². The zero-order valence-corrected chi connectivity index (χ0v) is 11.0. The second kappa shape index (κ2) is 6.55. The molecule has 0 bridgehead atoms. The van der Waals surface area contributed by atoms with Gasteiger partial charge in [-0.2, -0.15) is 0 Å². The molecule has 0 N–H and O–H groups in total. The average Bonchev–Trinajstić information content (AvgIpc) is 2.93. The Bertz CT molecular complexity index is 371. The molecule has 0 spiro atoms. The van der Waals surface area contributed by atoms with Gasteiger partial charge in [-0.25, -0.2) is 0 Å². The van der Waals surface area contributed by atoms with E-state index in [1.807, 2.05) is 18.2 Å². The Morgan fingerprint density at radius 1 is 1.28 bits per heavy atom. The monoisotopic (exact) mass is 247 g/mol. The molecule has 1 aromatic carbocycles. The van der Waals surface area contributed by atoms with Crippen molar-refractivity contribution < 1.29 is 9.53 Å². The SMILES string of the molecule is COC(=O)CN(Cc1ccccc1)C1CCCC1. The van der Waals surface area contributed by atoms with Gasteiger partial charge < -0.3 is 4.74 Å². The van der Waals surface area contributed by atoms with Gasteiger partial charge in [-0.1, -0.05) is 43.2 Å². The van der Waals surface area contributed by atoms with Crippen LogP contribution in [-0.4, -0.2) is 30.6 Å². The van der Waals surface area contributed by atoms with Gasteiger partial charge in [0, 0.05) is 12.6 Å². The number of rotatable bonds is 5. The summed E-state index contributed by atoms with van der Waals surface area (Å²) in [5.74, 6) is -0.141. The fraction of sp³-hybridized carbons (Fsp3) is 0.533. The number of nitrogens with zero attached hydrogens (tertiary/aromatic N) is 1. The summed E-state index contributed by atoms with van der Waals surface area (Å²) in [5, 5.41) is 0. The van der Waals surface area contributed by atoms with E-state index in [1.54, 1.807) is 0 Å². The number of methoxy groups -OCH3 is 1. The summed E-state index contributed by atoms with van der Waals surface area (Å²) in [4.78, 5) is 13.8.